The van der Waals surface area contributed by atoms with Crippen LogP contribution in [0.15, 0.2) is 42.7 Å². The first-order valence-electron chi connectivity index (χ1n) is 12.6. The lowest BCUT2D eigenvalue weighted by molar-refractivity contribution is -0.142. The molecule has 2 aromatic heterocycles. The van der Waals surface area contributed by atoms with Crippen LogP contribution in [0, 0.1) is 17.3 Å². The van der Waals surface area contributed by atoms with Gasteiger partial charge in [-0.25, -0.2) is 14.4 Å². The molecule has 0 unspecified atom stereocenters. The highest BCUT2D eigenvalue weighted by Crippen LogP contribution is 2.57. The molecule has 3 aliphatic rings. The molecule has 3 fully saturated rings. The van der Waals surface area contributed by atoms with Crippen LogP contribution in [-0.4, -0.2) is 30.3 Å². The van der Waals surface area contributed by atoms with Crippen molar-refractivity contribution in [3.8, 4) is 0 Å². The largest absolute Gasteiger partial charge is 0.458 e. The molecule has 5 rings (SSSR count). The molecule has 196 valence electrons. The fourth-order valence-corrected chi connectivity index (χ4v) is 6.56. The maximum atomic E-state index is 13.0. The number of esters is 1. The number of allylic oxidation sites excluding steroid dienone is 1. The zero-order chi connectivity index (χ0) is 26.8. The minimum Gasteiger partial charge on any atom is -0.458 e. The number of aromatic nitrogens is 4. The van der Waals surface area contributed by atoms with E-state index in [1.165, 1.54) is 29.4 Å². The predicted octanol–water partition coefficient (Wildman–Crippen LogP) is 1.09. The third-order valence-corrected chi connectivity index (χ3v) is 8.60. The summed E-state index contributed by atoms with van der Waals surface area (Å²) in [4.78, 5) is 62.8. The topological polar surface area (TPSA) is 114 Å². The maximum Gasteiger partial charge on any atom is 0.334 e. The molecule has 0 N–H and O–H groups in total. The minimum atomic E-state index is -0.462. The molecule has 3 heterocycles. The van der Waals surface area contributed by atoms with Crippen LogP contribution >= 0.6 is 0 Å². The Bertz CT molecular complexity index is 1620. The highest BCUT2D eigenvalue weighted by molar-refractivity contribution is 5.96. The van der Waals surface area contributed by atoms with Gasteiger partial charge in [-0.2, -0.15) is 0 Å². The van der Waals surface area contributed by atoms with Crippen molar-refractivity contribution in [2.75, 3.05) is 0 Å². The van der Waals surface area contributed by atoms with Crippen LogP contribution in [-0.2, 0) is 37.7 Å². The molecule has 0 bridgehead atoms. The van der Waals surface area contributed by atoms with E-state index in [0.29, 0.717) is 24.0 Å². The van der Waals surface area contributed by atoms with Crippen molar-refractivity contribution in [1.29, 1.82) is 0 Å². The first-order valence-corrected chi connectivity index (χ1v) is 12.6. The summed E-state index contributed by atoms with van der Waals surface area (Å²) in [6.45, 7) is 2.22. The van der Waals surface area contributed by atoms with Gasteiger partial charge in [-0.3, -0.25) is 18.7 Å². The van der Waals surface area contributed by atoms with Crippen LogP contribution in [0.5, 0.6) is 0 Å². The van der Waals surface area contributed by atoms with E-state index in [9.17, 15) is 24.0 Å². The van der Waals surface area contributed by atoms with Crippen LogP contribution in [0.4, 0.5) is 0 Å². The molecule has 0 amide bonds. The number of ether oxygens (including phenoxy) is 1. The fourth-order valence-electron chi connectivity index (χ4n) is 6.56. The average Bonchev–Trinajstić information content (AvgIpc) is 3.14. The van der Waals surface area contributed by atoms with Gasteiger partial charge in [0, 0.05) is 52.1 Å². The van der Waals surface area contributed by atoms with Gasteiger partial charge in [-0.1, -0.05) is 12.5 Å². The quantitative estimate of drug-likeness (QED) is 0.443. The zero-order valence-electron chi connectivity index (χ0n) is 21.8. The van der Waals surface area contributed by atoms with Crippen LogP contribution < -0.4 is 22.5 Å². The Balaban J connectivity index is 1.56. The van der Waals surface area contributed by atoms with Gasteiger partial charge in [0.15, 0.2) is 0 Å². The second kappa shape index (κ2) is 8.71. The van der Waals surface area contributed by atoms with E-state index in [1.807, 2.05) is 6.08 Å². The van der Waals surface area contributed by atoms with Crippen LogP contribution in [0.2, 0.25) is 0 Å². The van der Waals surface area contributed by atoms with Crippen molar-refractivity contribution in [2.45, 2.75) is 45.1 Å². The van der Waals surface area contributed by atoms with E-state index in [0.717, 1.165) is 34.0 Å². The summed E-state index contributed by atoms with van der Waals surface area (Å²) in [6, 6.07) is 0. The van der Waals surface area contributed by atoms with Crippen molar-refractivity contribution in [1.82, 2.24) is 18.3 Å². The average molecular weight is 509 g/mol. The number of nitrogens with zero attached hydrogens (tertiary/aromatic N) is 4. The van der Waals surface area contributed by atoms with Crippen molar-refractivity contribution in [3.05, 3.63) is 76.3 Å². The summed E-state index contributed by atoms with van der Waals surface area (Å²) in [6.07, 6.45) is 10.4. The van der Waals surface area contributed by atoms with Crippen molar-refractivity contribution >= 4 is 18.1 Å². The van der Waals surface area contributed by atoms with Gasteiger partial charge < -0.3 is 13.9 Å². The van der Waals surface area contributed by atoms with Gasteiger partial charge in [0.2, 0.25) is 0 Å². The Kier molecular flexibility index (Phi) is 5.88. The SMILES string of the molecule is Cn1cc(/C=C2\C(=O)O[C@@H]3C[C@@]4(C)CCC/C(=C\c5cn(C)c(=O)n(C)c5=O)[C@@H]4C[C@H]23)c(=O)n(C)c1=O. The lowest BCUT2D eigenvalue weighted by atomic mass is 9.55. The zero-order valence-corrected chi connectivity index (χ0v) is 21.8. The second-order valence-electron chi connectivity index (χ2n) is 11.1. The molecule has 2 aromatic rings. The maximum absolute atomic E-state index is 13.0. The van der Waals surface area contributed by atoms with E-state index in [4.69, 9.17) is 4.74 Å². The van der Waals surface area contributed by atoms with E-state index >= 15 is 0 Å². The van der Waals surface area contributed by atoms with Crippen molar-refractivity contribution < 1.29 is 9.53 Å². The summed E-state index contributed by atoms with van der Waals surface area (Å²) in [7, 11) is 6.08. The van der Waals surface area contributed by atoms with Gasteiger partial charge in [-0.05, 0) is 55.6 Å². The molecular formula is C27H32N4O6. The van der Waals surface area contributed by atoms with Crippen LogP contribution in [0.3, 0.4) is 0 Å². The molecule has 0 spiro atoms. The number of hydrogen-bond acceptors (Lipinski definition) is 6. The standard InChI is InChI=1S/C27H32N4O6/c1-27-8-6-7-15(9-16-13-28(2)25(35)30(4)22(16)32)20(27)11-18-19(24(34)37-21(18)12-27)10-17-14-29(3)26(36)31(5)23(17)33/h9-10,13-14,18,20-21H,6-8,11-12H2,1-5H3/b15-9+,19-10-/t18-,20+,21-,27-/m1/s1. The van der Waals surface area contributed by atoms with E-state index < -0.39 is 17.2 Å². The van der Waals surface area contributed by atoms with Gasteiger partial charge in [0.25, 0.3) is 11.1 Å². The second-order valence-corrected chi connectivity index (χ2v) is 11.1. The monoisotopic (exact) mass is 508 g/mol. The third-order valence-electron chi connectivity index (χ3n) is 8.60. The molecule has 10 heteroatoms. The van der Waals surface area contributed by atoms with E-state index in [2.05, 4.69) is 6.92 Å². The molecule has 37 heavy (non-hydrogen) atoms. The summed E-state index contributed by atoms with van der Waals surface area (Å²) in [5.41, 5.74) is 0.618. The van der Waals surface area contributed by atoms with E-state index in [-0.39, 0.29) is 40.2 Å². The molecule has 2 saturated carbocycles. The Morgan fingerprint density at radius 1 is 0.892 bits per heavy atom. The lowest BCUT2D eigenvalue weighted by Gasteiger charge is -2.49. The summed E-state index contributed by atoms with van der Waals surface area (Å²) in [5, 5.41) is 0. The summed E-state index contributed by atoms with van der Waals surface area (Å²) in [5.74, 6) is -0.507. The van der Waals surface area contributed by atoms with Crippen LogP contribution in [0.25, 0.3) is 12.2 Å². The van der Waals surface area contributed by atoms with Gasteiger partial charge in [0.1, 0.15) is 6.10 Å². The number of rotatable bonds is 2. The molecule has 0 aromatic carbocycles. The molecule has 1 aliphatic heterocycles. The fraction of sp³-hybridized carbons (Fsp3) is 0.519. The number of fused-ring (bicyclic) bond motifs is 2. The van der Waals surface area contributed by atoms with Gasteiger partial charge in [-0.15, -0.1) is 0 Å². The summed E-state index contributed by atoms with van der Waals surface area (Å²) < 4.78 is 10.7. The van der Waals surface area contributed by atoms with Gasteiger partial charge >= 0.3 is 17.3 Å². The highest BCUT2D eigenvalue weighted by Gasteiger charge is 2.53. The first kappa shape index (κ1) is 25.0. The van der Waals surface area contributed by atoms with Gasteiger partial charge in [0.05, 0.1) is 11.1 Å². The Morgan fingerprint density at radius 2 is 1.46 bits per heavy atom. The van der Waals surface area contributed by atoms with Crippen molar-refractivity contribution in [3.63, 3.8) is 0 Å². The normalized spacial score (nSPS) is 29.3. The molecule has 1 saturated heterocycles. The van der Waals surface area contributed by atoms with E-state index in [1.54, 1.807) is 26.4 Å². The molecule has 4 atom stereocenters. The number of carbonyl (C=O) groups excluding carboxylic acids is 1. The summed E-state index contributed by atoms with van der Waals surface area (Å²) >= 11 is 0. The predicted molar refractivity (Wildman–Crippen MR) is 138 cm³/mol. The number of carbonyl (C=O) groups is 1. The minimum absolute atomic E-state index is 0.0976. The first-order chi connectivity index (χ1) is 17.4. The number of hydrogen-bond donors (Lipinski definition) is 0. The molecule has 0 radical (unpaired) electrons. The van der Waals surface area contributed by atoms with Crippen molar-refractivity contribution in [2.24, 2.45) is 45.4 Å². The Morgan fingerprint density at radius 3 is 2.05 bits per heavy atom. The highest BCUT2D eigenvalue weighted by atomic mass is 16.6. The third kappa shape index (κ3) is 3.98. The molecule has 10 nitrogen and oxygen atoms in total. The smallest absolute Gasteiger partial charge is 0.334 e. The van der Waals surface area contributed by atoms with Crippen LogP contribution in [0.1, 0.15) is 50.2 Å². The lowest BCUT2D eigenvalue weighted by Crippen LogP contribution is -2.44. The Labute approximate surface area is 213 Å². The Hall–Kier alpha value is -3.69. The molecule has 2 aliphatic carbocycles. The number of aryl methyl sites for hydroxylation is 2. The molecular weight excluding hydrogens is 476 g/mol.